The van der Waals surface area contributed by atoms with Gasteiger partial charge < -0.3 is 25.6 Å². The third-order valence-electron chi connectivity index (χ3n) is 7.75. The van der Waals surface area contributed by atoms with Gasteiger partial charge in [-0.15, -0.1) is 0 Å². The number of aromatic nitrogens is 3. The van der Waals surface area contributed by atoms with Crippen molar-refractivity contribution in [2.75, 3.05) is 43.4 Å². The molecule has 2 aromatic heterocycles. The molecule has 0 unspecified atom stereocenters. The molecule has 1 fully saturated rings. The summed E-state index contributed by atoms with van der Waals surface area (Å²) in [5.41, 5.74) is 11.5. The molecule has 5 aromatic rings. The average Bonchev–Trinajstić information content (AvgIpc) is 3.09. The number of carbonyl (C=O) groups excluding carboxylic acids is 1. The minimum atomic E-state index is -0.683. The zero-order chi connectivity index (χ0) is 31.9. The number of nitrogens with zero attached hydrogens (tertiary/aromatic N) is 6. The lowest BCUT2D eigenvalue weighted by molar-refractivity contribution is 0.0996. The molecule has 6 rings (SSSR count). The smallest absolute Gasteiger partial charge is 0.271 e. The summed E-state index contributed by atoms with van der Waals surface area (Å²) in [4.78, 5) is 35.7. The van der Waals surface area contributed by atoms with Gasteiger partial charge in [0.05, 0.1) is 23.8 Å². The highest BCUT2D eigenvalue weighted by molar-refractivity contribution is 6.13. The maximum Gasteiger partial charge on any atom is 0.271 e. The van der Waals surface area contributed by atoms with Crippen molar-refractivity contribution in [2.24, 2.45) is 10.7 Å². The summed E-state index contributed by atoms with van der Waals surface area (Å²) in [6.07, 6.45) is 3.75. The van der Waals surface area contributed by atoms with Crippen LogP contribution in [0, 0.1) is 0 Å². The van der Waals surface area contributed by atoms with E-state index in [1.807, 2.05) is 79.7 Å². The monoisotopic (exact) mass is 612 g/mol. The topological polar surface area (TPSA) is 122 Å². The van der Waals surface area contributed by atoms with Crippen molar-refractivity contribution >= 4 is 34.5 Å². The Kier molecular flexibility index (Phi) is 9.26. The Morgan fingerprint density at radius 3 is 2.15 bits per heavy atom. The summed E-state index contributed by atoms with van der Waals surface area (Å²) < 4.78 is 6.25. The van der Waals surface area contributed by atoms with E-state index in [-0.39, 0.29) is 17.4 Å². The number of carbonyl (C=O) groups is 1. The minimum Gasteiger partial charge on any atom is -0.435 e. The maximum absolute atomic E-state index is 12.4. The number of benzene rings is 3. The van der Waals surface area contributed by atoms with Crippen LogP contribution in [0.5, 0.6) is 11.6 Å². The van der Waals surface area contributed by atoms with E-state index in [1.165, 1.54) is 0 Å². The zero-order valence-corrected chi connectivity index (χ0v) is 25.9. The van der Waals surface area contributed by atoms with E-state index >= 15 is 0 Å². The Labute approximate surface area is 268 Å². The molecule has 0 radical (unpaired) electrons. The largest absolute Gasteiger partial charge is 0.435 e. The van der Waals surface area contributed by atoms with Crippen LogP contribution < -0.4 is 20.7 Å². The summed E-state index contributed by atoms with van der Waals surface area (Å²) in [7, 11) is 2.14. The first-order valence-electron chi connectivity index (χ1n) is 15.3. The first-order chi connectivity index (χ1) is 22.5. The number of nitrogens with one attached hydrogen (secondary N) is 1. The van der Waals surface area contributed by atoms with Crippen LogP contribution in [0.4, 0.5) is 22.9 Å². The third-order valence-corrected chi connectivity index (χ3v) is 7.75. The molecule has 0 saturated carbocycles. The molecule has 10 heteroatoms. The Balaban J connectivity index is 1.28. The van der Waals surface area contributed by atoms with Crippen LogP contribution in [-0.2, 0) is 6.42 Å². The molecule has 3 aromatic carbocycles. The fourth-order valence-corrected chi connectivity index (χ4v) is 5.24. The van der Waals surface area contributed by atoms with Crippen molar-refractivity contribution in [2.45, 2.75) is 13.3 Å². The fourth-order valence-electron chi connectivity index (χ4n) is 5.24. The number of nitrogens with two attached hydrogens (primary N) is 1. The lowest BCUT2D eigenvalue weighted by atomic mass is 10.0. The summed E-state index contributed by atoms with van der Waals surface area (Å²) in [6, 6.07) is 29.8. The quantitative estimate of drug-likeness (QED) is 0.185. The number of hydrogen-bond acceptors (Lipinski definition) is 9. The molecule has 0 bridgehead atoms. The predicted molar refractivity (Wildman–Crippen MR) is 182 cm³/mol. The molecule has 1 saturated heterocycles. The number of likely N-dealkylation sites (N-methyl/N-ethyl adjacent to an activating group) is 1. The summed E-state index contributed by atoms with van der Waals surface area (Å²) in [6.45, 7) is 5.91. The van der Waals surface area contributed by atoms with Crippen LogP contribution in [0.2, 0.25) is 0 Å². The lowest BCUT2D eigenvalue weighted by Crippen LogP contribution is -2.44. The number of aliphatic imine (C=N–C) groups is 1. The molecule has 1 aliphatic heterocycles. The van der Waals surface area contributed by atoms with Gasteiger partial charge in [-0.3, -0.25) is 9.78 Å². The molecular formula is C36H36N8O2. The highest BCUT2D eigenvalue weighted by Crippen LogP contribution is 2.30. The van der Waals surface area contributed by atoms with Crippen LogP contribution in [0.1, 0.15) is 34.2 Å². The maximum atomic E-state index is 12.4. The van der Waals surface area contributed by atoms with Crippen molar-refractivity contribution < 1.29 is 9.53 Å². The SMILES string of the molecule is CCc1nc(C(N)=O)c(Nc2ccc(N3CCN(C)CC3)cc2)nc1Oc1cncc(N=C(c2ccccc2)c2ccccc2)c1. The van der Waals surface area contributed by atoms with E-state index in [0.717, 1.165) is 54.4 Å². The summed E-state index contributed by atoms with van der Waals surface area (Å²) >= 11 is 0. The van der Waals surface area contributed by atoms with E-state index in [4.69, 9.17) is 15.5 Å². The van der Waals surface area contributed by atoms with Crippen LogP contribution in [0.25, 0.3) is 0 Å². The second kappa shape index (κ2) is 14.0. The van der Waals surface area contributed by atoms with Crippen molar-refractivity contribution in [3.63, 3.8) is 0 Å². The average molecular weight is 613 g/mol. The molecule has 0 aliphatic carbocycles. The van der Waals surface area contributed by atoms with Gasteiger partial charge in [-0.2, -0.15) is 4.98 Å². The highest BCUT2D eigenvalue weighted by Gasteiger charge is 2.20. The van der Waals surface area contributed by atoms with E-state index in [1.54, 1.807) is 18.5 Å². The van der Waals surface area contributed by atoms with Crippen molar-refractivity contribution in [1.29, 1.82) is 0 Å². The summed E-state index contributed by atoms with van der Waals surface area (Å²) in [5.74, 6) is 0.209. The molecule has 0 spiro atoms. The molecule has 3 N–H and O–H groups in total. The lowest BCUT2D eigenvalue weighted by Gasteiger charge is -2.34. The first-order valence-corrected chi connectivity index (χ1v) is 15.3. The number of ether oxygens (including phenoxy) is 1. The molecule has 1 amide bonds. The number of rotatable bonds is 10. The van der Waals surface area contributed by atoms with E-state index in [9.17, 15) is 4.79 Å². The number of aryl methyl sites for hydroxylation is 1. The van der Waals surface area contributed by atoms with Gasteiger partial charge in [-0.05, 0) is 37.7 Å². The molecule has 232 valence electrons. The second-order valence-corrected chi connectivity index (χ2v) is 11.0. The minimum absolute atomic E-state index is 0.0409. The Hall–Kier alpha value is -5.61. The summed E-state index contributed by atoms with van der Waals surface area (Å²) in [5, 5.41) is 3.22. The molecule has 0 atom stereocenters. The Morgan fingerprint density at radius 2 is 1.54 bits per heavy atom. The van der Waals surface area contributed by atoms with Crippen LogP contribution >= 0.6 is 0 Å². The standard InChI is InChI=1S/C36H36N8O2/c1-3-31-36(42-35(33(41-31)34(37)45)40-27-14-16-29(17-15-27)44-20-18-43(2)19-21-44)46-30-22-28(23-38-24-30)39-32(25-10-6-4-7-11-25)26-12-8-5-9-13-26/h4-17,22-24H,3,18-21H2,1-2H3,(H2,37,45)(H,40,42). The van der Waals surface area contributed by atoms with Gasteiger partial charge >= 0.3 is 0 Å². The second-order valence-electron chi connectivity index (χ2n) is 11.0. The number of anilines is 3. The predicted octanol–water partition coefficient (Wildman–Crippen LogP) is 5.99. The van der Waals surface area contributed by atoms with E-state index < -0.39 is 5.91 Å². The van der Waals surface area contributed by atoms with Gasteiger partial charge in [0, 0.05) is 54.7 Å². The number of pyridine rings is 1. The fraction of sp³-hybridized carbons (Fsp3) is 0.194. The van der Waals surface area contributed by atoms with Crippen molar-refractivity contribution in [3.05, 3.63) is 126 Å². The number of hydrogen-bond donors (Lipinski definition) is 2. The van der Waals surface area contributed by atoms with Gasteiger partial charge in [0.15, 0.2) is 11.5 Å². The van der Waals surface area contributed by atoms with Crippen LogP contribution in [-0.4, -0.2) is 64.7 Å². The van der Waals surface area contributed by atoms with E-state index in [0.29, 0.717) is 23.6 Å². The van der Waals surface area contributed by atoms with Gasteiger partial charge in [0.25, 0.3) is 5.91 Å². The third kappa shape index (κ3) is 7.19. The zero-order valence-electron chi connectivity index (χ0n) is 25.9. The number of amides is 1. The highest BCUT2D eigenvalue weighted by atomic mass is 16.5. The molecule has 3 heterocycles. The molecule has 10 nitrogen and oxygen atoms in total. The van der Waals surface area contributed by atoms with Crippen molar-refractivity contribution in [1.82, 2.24) is 19.9 Å². The molecule has 46 heavy (non-hydrogen) atoms. The molecule has 1 aliphatic rings. The number of primary amides is 1. The van der Waals surface area contributed by atoms with Crippen LogP contribution in [0.15, 0.2) is 108 Å². The Bertz CT molecular complexity index is 1780. The van der Waals surface area contributed by atoms with E-state index in [2.05, 4.69) is 49.2 Å². The van der Waals surface area contributed by atoms with Crippen LogP contribution in [0.3, 0.4) is 0 Å². The van der Waals surface area contributed by atoms with Gasteiger partial charge in [-0.25, -0.2) is 9.98 Å². The van der Waals surface area contributed by atoms with Crippen molar-refractivity contribution in [3.8, 4) is 11.6 Å². The van der Waals surface area contributed by atoms with Gasteiger partial charge in [0.2, 0.25) is 5.88 Å². The normalized spacial score (nSPS) is 13.2. The Morgan fingerprint density at radius 1 is 0.891 bits per heavy atom. The van der Waals surface area contributed by atoms with Gasteiger partial charge in [0.1, 0.15) is 11.4 Å². The van der Waals surface area contributed by atoms with Gasteiger partial charge in [-0.1, -0.05) is 67.6 Å². The number of piperazine rings is 1. The molecular weight excluding hydrogens is 576 g/mol. The first kappa shape index (κ1) is 30.4.